The lowest BCUT2D eigenvalue weighted by Gasteiger charge is -2.10. The van der Waals surface area contributed by atoms with Gasteiger partial charge in [0.25, 0.3) is 9.04 Å². The Bertz CT molecular complexity index is 261. The Hall–Kier alpha value is -0.903. The molecule has 0 bridgehead atoms. The van der Waals surface area contributed by atoms with Gasteiger partial charge in [0.05, 0.1) is 13.2 Å². The maximum atomic E-state index is 5.68. The fourth-order valence-corrected chi connectivity index (χ4v) is 2.44. The summed E-state index contributed by atoms with van der Waals surface area (Å²) in [5, 5.41) is 1.23. The van der Waals surface area contributed by atoms with Crippen molar-refractivity contribution in [2.45, 2.75) is 0 Å². The van der Waals surface area contributed by atoms with Crippen molar-refractivity contribution in [2.24, 2.45) is 0 Å². The van der Waals surface area contributed by atoms with E-state index < -0.39 is 9.04 Å². The summed E-state index contributed by atoms with van der Waals surface area (Å²) in [5.41, 5.74) is 1.90. The number of hydrogen-bond acceptors (Lipinski definition) is 2. The minimum absolute atomic E-state index is 0.631. The predicted molar refractivity (Wildman–Crippen MR) is 59.9 cm³/mol. The van der Waals surface area contributed by atoms with Crippen molar-refractivity contribution in [1.29, 1.82) is 0 Å². The first-order valence-electron chi connectivity index (χ1n) is 4.55. The predicted octanol–water partition coefficient (Wildman–Crippen LogP) is 1.27. The van der Waals surface area contributed by atoms with E-state index in [1.54, 1.807) is 7.11 Å². The van der Waals surface area contributed by atoms with Crippen LogP contribution in [0.15, 0.2) is 42.6 Å². The van der Waals surface area contributed by atoms with Crippen LogP contribution in [0.2, 0.25) is 0 Å². The van der Waals surface area contributed by atoms with Crippen molar-refractivity contribution in [3.63, 3.8) is 0 Å². The quantitative estimate of drug-likeness (QED) is 0.517. The molecule has 0 saturated heterocycles. The molecule has 0 aliphatic carbocycles. The van der Waals surface area contributed by atoms with E-state index in [0.29, 0.717) is 13.2 Å². The molecule has 0 saturated carbocycles. The second kappa shape index (κ2) is 6.54. The first-order valence-corrected chi connectivity index (χ1v) is 6.03. The van der Waals surface area contributed by atoms with Crippen LogP contribution in [0.25, 0.3) is 0 Å². The summed E-state index contributed by atoms with van der Waals surface area (Å²) in [7, 11) is 0.623. The molecule has 14 heavy (non-hydrogen) atoms. The van der Waals surface area contributed by atoms with Crippen molar-refractivity contribution < 1.29 is 9.16 Å². The van der Waals surface area contributed by atoms with E-state index in [0.717, 1.165) is 0 Å². The summed E-state index contributed by atoms with van der Waals surface area (Å²) < 4.78 is 10.6. The molecule has 3 heteroatoms. The average molecular weight is 207 g/mol. The van der Waals surface area contributed by atoms with Crippen LogP contribution in [0.5, 0.6) is 0 Å². The first kappa shape index (κ1) is 11.2. The number of methoxy groups -OCH3 is 1. The molecule has 0 spiro atoms. The Labute approximate surface area is 86.9 Å². The molecule has 0 atom stereocenters. The summed E-state index contributed by atoms with van der Waals surface area (Å²) in [6, 6.07) is 10.2. The molecule has 1 radical (unpaired) electrons. The van der Waals surface area contributed by atoms with Gasteiger partial charge in [-0.1, -0.05) is 36.0 Å². The van der Waals surface area contributed by atoms with Crippen molar-refractivity contribution in [3.8, 4) is 0 Å². The van der Waals surface area contributed by atoms with Crippen molar-refractivity contribution in [3.05, 3.63) is 42.6 Å². The van der Waals surface area contributed by atoms with Crippen LogP contribution in [-0.4, -0.2) is 29.4 Å². The zero-order valence-corrected chi connectivity index (χ0v) is 9.40. The van der Waals surface area contributed by atoms with Gasteiger partial charge >= 0.3 is 0 Å². The Kier molecular flexibility index (Phi) is 5.22. The van der Waals surface area contributed by atoms with Crippen LogP contribution in [-0.2, 0) is 9.16 Å². The van der Waals surface area contributed by atoms with E-state index in [2.05, 4.69) is 18.7 Å². The summed E-state index contributed by atoms with van der Waals surface area (Å²) in [6.07, 6.45) is 0. The molecule has 0 heterocycles. The van der Waals surface area contributed by atoms with E-state index in [1.165, 1.54) is 5.19 Å². The van der Waals surface area contributed by atoms with Gasteiger partial charge < -0.3 is 9.16 Å². The Morgan fingerprint density at radius 2 is 2.00 bits per heavy atom. The molecule has 0 aromatic heterocycles. The maximum absolute atomic E-state index is 5.68. The van der Waals surface area contributed by atoms with Crippen LogP contribution in [0.3, 0.4) is 0 Å². The van der Waals surface area contributed by atoms with Gasteiger partial charge in [-0.15, -0.1) is 6.58 Å². The fraction of sp³-hybridized carbons (Fsp3) is 0.273. The Balaban J connectivity index is 2.50. The number of hydrogen-bond donors (Lipinski definition) is 0. The van der Waals surface area contributed by atoms with Crippen molar-refractivity contribution in [1.82, 2.24) is 0 Å². The molecule has 75 valence electrons. The van der Waals surface area contributed by atoms with Crippen LogP contribution >= 0.6 is 0 Å². The third kappa shape index (κ3) is 3.45. The highest BCUT2D eigenvalue weighted by Crippen LogP contribution is 1.92. The minimum atomic E-state index is -1.05. The molecular weight excluding hydrogens is 192 g/mol. The lowest BCUT2D eigenvalue weighted by molar-refractivity contribution is 0.148. The third-order valence-electron chi connectivity index (χ3n) is 1.79. The van der Waals surface area contributed by atoms with Crippen LogP contribution < -0.4 is 5.19 Å². The summed E-state index contributed by atoms with van der Waals surface area (Å²) in [4.78, 5) is 0. The van der Waals surface area contributed by atoms with Crippen LogP contribution in [0.4, 0.5) is 0 Å². The molecule has 0 unspecified atom stereocenters. The highest BCUT2D eigenvalue weighted by atomic mass is 28.3. The summed E-state index contributed by atoms with van der Waals surface area (Å²) in [5.74, 6) is 0. The number of benzene rings is 1. The van der Waals surface area contributed by atoms with Gasteiger partial charge in [0.15, 0.2) is 0 Å². The van der Waals surface area contributed by atoms with Gasteiger partial charge in [-0.05, 0) is 5.19 Å². The summed E-state index contributed by atoms with van der Waals surface area (Å²) >= 11 is 0. The highest BCUT2D eigenvalue weighted by Gasteiger charge is 2.10. The zero-order chi connectivity index (χ0) is 10.2. The largest absolute Gasteiger partial charge is 0.405 e. The van der Waals surface area contributed by atoms with E-state index in [1.807, 2.05) is 23.9 Å². The monoisotopic (exact) mass is 207 g/mol. The van der Waals surface area contributed by atoms with Crippen LogP contribution in [0.1, 0.15) is 0 Å². The normalized spacial score (nSPS) is 10.4. The molecule has 1 aromatic rings. The Morgan fingerprint density at radius 3 is 2.57 bits per heavy atom. The van der Waals surface area contributed by atoms with Gasteiger partial charge in [-0.3, -0.25) is 0 Å². The van der Waals surface area contributed by atoms with Crippen LogP contribution in [0, 0.1) is 0 Å². The van der Waals surface area contributed by atoms with Crippen molar-refractivity contribution >= 4 is 14.2 Å². The smallest absolute Gasteiger partial charge is 0.274 e. The molecule has 0 aliphatic rings. The molecular formula is C11H15O2Si. The average Bonchev–Trinajstić information content (AvgIpc) is 2.26. The molecule has 0 fully saturated rings. The highest BCUT2D eigenvalue weighted by molar-refractivity contribution is 6.72. The molecule has 1 aromatic carbocycles. The fourth-order valence-electron chi connectivity index (χ4n) is 1.10. The molecule has 2 nitrogen and oxygen atoms in total. The Morgan fingerprint density at radius 1 is 1.29 bits per heavy atom. The van der Waals surface area contributed by atoms with Gasteiger partial charge in [0.1, 0.15) is 0 Å². The second-order valence-electron chi connectivity index (χ2n) is 2.78. The SMILES string of the molecule is C=C[Si](OCCOC)c1ccccc1. The zero-order valence-electron chi connectivity index (χ0n) is 8.40. The van der Waals surface area contributed by atoms with Gasteiger partial charge in [-0.2, -0.15) is 0 Å². The maximum Gasteiger partial charge on any atom is 0.274 e. The van der Waals surface area contributed by atoms with E-state index in [-0.39, 0.29) is 0 Å². The number of ether oxygens (including phenoxy) is 1. The van der Waals surface area contributed by atoms with Gasteiger partial charge in [-0.25, -0.2) is 0 Å². The summed E-state index contributed by atoms with van der Waals surface area (Å²) in [6.45, 7) is 5.06. The number of rotatable bonds is 6. The standard InChI is InChI=1S/C11H15O2Si/c1-3-14(13-10-9-12-2)11-7-5-4-6-8-11/h3-8H,1,9-10H2,2H3. The third-order valence-corrected chi connectivity index (χ3v) is 3.58. The molecule has 1 rings (SSSR count). The topological polar surface area (TPSA) is 18.5 Å². The van der Waals surface area contributed by atoms with Crippen molar-refractivity contribution in [2.75, 3.05) is 20.3 Å². The van der Waals surface area contributed by atoms with E-state index in [4.69, 9.17) is 9.16 Å². The lowest BCUT2D eigenvalue weighted by atomic mass is 10.4. The second-order valence-corrected chi connectivity index (χ2v) is 4.78. The minimum Gasteiger partial charge on any atom is -0.405 e. The molecule has 0 aliphatic heterocycles. The van der Waals surface area contributed by atoms with Gasteiger partial charge in [0.2, 0.25) is 0 Å². The molecule has 0 amide bonds. The van der Waals surface area contributed by atoms with Gasteiger partial charge in [0, 0.05) is 7.11 Å². The van der Waals surface area contributed by atoms with E-state index >= 15 is 0 Å². The lowest BCUT2D eigenvalue weighted by Crippen LogP contribution is -2.32. The molecule has 0 N–H and O–H groups in total. The van der Waals surface area contributed by atoms with E-state index in [9.17, 15) is 0 Å². The first-order chi connectivity index (χ1) is 6.88.